The van der Waals surface area contributed by atoms with Gasteiger partial charge in [0.1, 0.15) is 0 Å². The Morgan fingerprint density at radius 1 is 0.903 bits per heavy atom. The second-order valence-corrected chi connectivity index (χ2v) is 7.39. The molecule has 6 nitrogen and oxygen atoms in total. The van der Waals surface area contributed by atoms with Gasteiger partial charge in [0.25, 0.3) is 12.6 Å². The lowest BCUT2D eigenvalue weighted by Gasteiger charge is -2.13. The number of carbonyl (C=O) groups is 2. The maximum Gasteiger partial charge on any atom is 0.412 e. The molecule has 0 aliphatic rings. The first-order chi connectivity index (χ1) is 15.1. The first-order valence-electron chi connectivity index (χ1n) is 10.4. The third-order valence-corrected chi connectivity index (χ3v) is 4.79. The Bertz CT molecular complexity index is 960. The highest BCUT2D eigenvalue weighted by Gasteiger charge is 2.12. The number of hydrogen-bond donors (Lipinski definition) is 2. The van der Waals surface area contributed by atoms with Crippen LogP contribution in [0.5, 0.6) is 0 Å². The number of ether oxygens (including phenoxy) is 1. The monoisotopic (exact) mass is 418 g/mol. The molecule has 0 aliphatic heterocycles. The summed E-state index contributed by atoms with van der Waals surface area (Å²) in [4.78, 5) is 24.3. The number of rotatable bonds is 9. The van der Waals surface area contributed by atoms with Crippen molar-refractivity contribution in [3.05, 3.63) is 102 Å². The van der Waals surface area contributed by atoms with E-state index in [-0.39, 0.29) is 18.7 Å². The predicted octanol–water partition coefficient (Wildman–Crippen LogP) is 3.26. The normalized spacial score (nSPS) is 11.4. The van der Waals surface area contributed by atoms with Gasteiger partial charge in [-0.2, -0.15) is 4.57 Å². The van der Waals surface area contributed by atoms with Gasteiger partial charge in [0.05, 0.1) is 5.56 Å². The number of benzene rings is 2. The van der Waals surface area contributed by atoms with Crippen LogP contribution in [-0.2, 0) is 24.3 Å². The number of pyridine rings is 1. The molecule has 0 bridgehead atoms. The molecule has 31 heavy (non-hydrogen) atoms. The van der Waals surface area contributed by atoms with Crippen molar-refractivity contribution in [2.45, 2.75) is 32.5 Å². The minimum Gasteiger partial charge on any atom is -0.388 e. The third kappa shape index (κ3) is 7.59. The maximum absolute atomic E-state index is 12.3. The lowest BCUT2D eigenvalue weighted by molar-refractivity contribution is -0.727. The number of nitrogens with one attached hydrogen (secondary N) is 2. The van der Waals surface area contributed by atoms with Gasteiger partial charge >= 0.3 is 6.09 Å². The Hall–Kier alpha value is -3.67. The van der Waals surface area contributed by atoms with E-state index in [0.29, 0.717) is 12.1 Å². The van der Waals surface area contributed by atoms with E-state index in [9.17, 15) is 9.59 Å². The second kappa shape index (κ2) is 11.5. The Kier molecular flexibility index (Phi) is 8.17. The van der Waals surface area contributed by atoms with Gasteiger partial charge in [-0.15, -0.1) is 0 Å². The largest absolute Gasteiger partial charge is 0.412 e. The summed E-state index contributed by atoms with van der Waals surface area (Å²) in [7, 11) is 0. The summed E-state index contributed by atoms with van der Waals surface area (Å²) in [6.45, 7) is 2.58. The molecular formula is C25H28N3O3+. The summed E-state index contributed by atoms with van der Waals surface area (Å²) in [6.07, 6.45) is 4.47. The molecule has 3 rings (SSSR count). The molecule has 160 valence electrons. The molecule has 0 aliphatic carbocycles. The zero-order chi connectivity index (χ0) is 21.9. The Morgan fingerprint density at radius 3 is 2.16 bits per heavy atom. The molecule has 0 spiro atoms. The highest BCUT2D eigenvalue weighted by molar-refractivity contribution is 5.93. The zero-order valence-electron chi connectivity index (χ0n) is 17.7. The third-order valence-electron chi connectivity index (χ3n) is 4.79. The first kappa shape index (κ1) is 22.0. The minimum absolute atomic E-state index is 0.0399. The summed E-state index contributed by atoms with van der Waals surface area (Å²) in [5.74, 6) is -0.128. The SMILES string of the molecule is C[C@@H](Cc1ccccc1)NC(=O)OC[n+]1ccc(C(=O)NCCc2ccccc2)cc1. The van der Waals surface area contributed by atoms with Crippen molar-refractivity contribution in [1.82, 2.24) is 10.6 Å². The van der Waals surface area contributed by atoms with E-state index in [1.54, 1.807) is 29.1 Å². The number of hydrogen-bond acceptors (Lipinski definition) is 3. The van der Waals surface area contributed by atoms with Crippen LogP contribution in [0.25, 0.3) is 0 Å². The molecular weight excluding hydrogens is 390 g/mol. The van der Waals surface area contributed by atoms with E-state index in [0.717, 1.165) is 18.4 Å². The fraction of sp³-hybridized carbons (Fsp3) is 0.240. The van der Waals surface area contributed by atoms with Crippen LogP contribution in [0.4, 0.5) is 4.79 Å². The van der Waals surface area contributed by atoms with E-state index in [2.05, 4.69) is 10.6 Å². The molecule has 0 unspecified atom stereocenters. The van der Waals surface area contributed by atoms with Crippen molar-refractivity contribution < 1.29 is 18.9 Å². The Balaban J connectivity index is 1.38. The molecule has 2 aromatic carbocycles. The molecule has 0 radical (unpaired) electrons. The molecule has 1 aromatic heterocycles. The molecule has 2 amide bonds. The van der Waals surface area contributed by atoms with Crippen LogP contribution in [0.3, 0.4) is 0 Å². The molecule has 2 N–H and O–H groups in total. The molecule has 3 aromatic rings. The highest BCUT2D eigenvalue weighted by Crippen LogP contribution is 2.03. The molecule has 0 fully saturated rings. The number of nitrogens with zero attached hydrogens (tertiary/aromatic N) is 1. The van der Waals surface area contributed by atoms with Crippen LogP contribution in [0.1, 0.15) is 28.4 Å². The summed E-state index contributed by atoms with van der Waals surface area (Å²) < 4.78 is 6.96. The predicted molar refractivity (Wildman–Crippen MR) is 118 cm³/mol. The number of carbonyl (C=O) groups excluding carboxylic acids is 2. The lowest BCUT2D eigenvalue weighted by atomic mass is 10.1. The fourth-order valence-corrected chi connectivity index (χ4v) is 3.16. The summed E-state index contributed by atoms with van der Waals surface area (Å²) in [5, 5.41) is 5.74. The van der Waals surface area contributed by atoms with Crippen molar-refractivity contribution >= 4 is 12.0 Å². The van der Waals surface area contributed by atoms with Crippen LogP contribution in [0, 0.1) is 0 Å². The van der Waals surface area contributed by atoms with Crippen molar-refractivity contribution in [2.24, 2.45) is 0 Å². The van der Waals surface area contributed by atoms with Crippen molar-refractivity contribution in [3.8, 4) is 0 Å². The smallest absolute Gasteiger partial charge is 0.388 e. The Morgan fingerprint density at radius 2 is 1.52 bits per heavy atom. The topological polar surface area (TPSA) is 71.3 Å². The van der Waals surface area contributed by atoms with E-state index < -0.39 is 6.09 Å². The fourth-order valence-electron chi connectivity index (χ4n) is 3.16. The van der Waals surface area contributed by atoms with Gasteiger partial charge in [-0.05, 0) is 30.9 Å². The number of alkyl carbamates (subject to hydrolysis) is 1. The van der Waals surface area contributed by atoms with Crippen molar-refractivity contribution in [1.29, 1.82) is 0 Å². The molecule has 0 saturated carbocycles. The van der Waals surface area contributed by atoms with Gasteiger partial charge in [-0.3, -0.25) is 4.79 Å². The van der Waals surface area contributed by atoms with Gasteiger partial charge in [0, 0.05) is 24.7 Å². The van der Waals surface area contributed by atoms with Crippen LogP contribution < -0.4 is 15.2 Å². The van der Waals surface area contributed by atoms with Crippen LogP contribution in [-0.4, -0.2) is 24.6 Å². The lowest BCUT2D eigenvalue weighted by Crippen LogP contribution is -2.40. The average Bonchev–Trinajstić information content (AvgIpc) is 2.79. The van der Waals surface area contributed by atoms with Gasteiger partial charge in [0.15, 0.2) is 12.4 Å². The molecule has 1 atom stereocenters. The van der Waals surface area contributed by atoms with Crippen molar-refractivity contribution in [2.75, 3.05) is 6.54 Å². The van der Waals surface area contributed by atoms with Gasteiger partial charge in [-0.1, -0.05) is 60.7 Å². The van der Waals surface area contributed by atoms with E-state index in [1.807, 2.05) is 67.6 Å². The molecule has 0 saturated heterocycles. The van der Waals surface area contributed by atoms with E-state index in [4.69, 9.17) is 4.74 Å². The maximum atomic E-state index is 12.3. The van der Waals surface area contributed by atoms with E-state index >= 15 is 0 Å². The second-order valence-electron chi connectivity index (χ2n) is 7.39. The highest BCUT2D eigenvalue weighted by atomic mass is 16.6. The number of amides is 2. The van der Waals surface area contributed by atoms with Gasteiger partial charge in [-0.25, -0.2) is 4.79 Å². The first-order valence-corrected chi connectivity index (χ1v) is 10.4. The average molecular weight is 419 g/mol. The van der Waals surface area contributed by atoms with Crippen molar-refractivity contribution in [3.63, 3.8) is 0 Å². The van der Waals surface area contributed by atoms with Crippen LogP contribution in [0.15, 0.2) is 85.2 Å². The minimum atomic E-state index is -0.473. The number of aromatic nitrogens is 1. The zero-order valence-corrected chi connectivity index (χ0v) is 17.7. The van der Waals surface area contributed by atoms with Gasteiger partial charge < -0.3 is 15.4 Å². The summed E-state index contributed by atoms with van der Waals surface area (Å²) >= 11 is 0. The quantitative estimate of drug-likeness (QED) is 0.524. The van der Waals surface area contributed by atoms with Crippen LogP contribution in [0.2, 0.25) is 0 Å². The van der Waals surface area contributed by atoms with Gasteiger partial charge in [0.2, 0.25) is 0 Å². The molecule has 6 heteroatoms. The Labute approximate surface area is 182 Å². The molecule has 1 heterocycles. The summed E-state index contributed by atoms with van der Waals surface area (Å²) in [6, 6.07) is 23.4. The van der Waals surface area contributed by atoms with E-state index in [1.165, 1.54) is 5.56 Å². The summed E-state index contributed by atoms with van der Waals surface area (Å²) in [5.41, 5.74) is 2.90. The standard InChI is InChI=1S/C25H27N3O3/c1-20(18-22-10-6-3-7-11-22)27-25(30)31-19-28-16-13-23(14-17-28)24(29)26-15-12-21-8-4-2-5-9-21/h2-11,13-14,16-17,20H,12,15,18-19H2,1H3,(H-,26,27,29,30)/p+1/t20-/m0/s1. The van der Waals surface area contributed by atoms with Crippen LogP contribution >= 0.6 is 0 Å².